The molecule has 5 nitrogen and oxygen atoms in total. The molecular formula is C15H22N2O3S. The Bertz CT molecular complexity index is 494. The number of aliphatic hydroxyl groups is 1. The fourth-order valence-corrected chi connectivity index (χ4v) is 3.23. The van der Waals surface area contributed by atoms with E-state index in [0.717, 1.165) is 54.9 Å². The molecule has 0 radical (unpaired) electrons. The van der Waals surface area contributed by atoms with Crippen molar-refractivity contribution in [2.45, 2.75) is 32.1 Å². The molecule has 0 aliphatic heterocycles. The number of aliphatic hydroxyl groups excluding tert-OH is 1. The van der Waals surface area contributed by atoms with Crippen LogP contribution in [-0.2, 0) is 12.8 Å². The zero-order valence-electron chi connectivity index (χ0n) is 12.1. The maximum Gasteiger partial charge on any atom is 0.339 e. The summed E-state index contributed by atoms with van der Waals surface area (Å²) in [4.78, 5) is 15.9. The molecule has 1 aliphatic carbocycles. The molecule has 0 bridgehead atoms. The lowest BCUT2D eigenvalue weighted by atomic mass is 9.95. The van der Waals surface area contributed by atoms with Crippen LogP contribution in [0.4, 0.5) is 5.82 Å². The highest BCUT2D eigenvalue weighted by molar-refractivity contribution is 7.99. The second-order valence-electron chi connectivity index (χ2n) is 5.12. The van der Waals surface area contributed by atoms with Crippen molar-refractivity contribution in [3.63, 3.8) is 0 Å². The second-order valence-corrected chi connectivity index (χ2v) is 6.34. The first-order chi connectivity index (χ1) is 10.2. The van der Waals surface area contributed by atoms with E-state index >= 15 is 0 Å². The highest BCUT2D eigenvalue weighted by atomic mass is 32.2. The van der Waals surface area contributed by atoms with Gasteiger partial charge in [-0.25, -0.2) is 9.78 Å². The number of aromatic carboxylic acids is 1. The van der Waals surface area contributed by atoms with E-state index in [4.69, 9.17) is 5.11 Å². The standard InChI is InChI=1S/C15H22N2O3S/c18-7-3-8-21-9-6-16-14-12(15(19)20)10-11-4-1-2-5-13(11)17-14/h10,18H,1-9H2,(H,16,17)(H,19,20). The maximum atomic E-state index is 11.4. The number of aryl methyl sites for hydroxylation is 2. The van der Waals surface area contributed by atoms with Crippen molar-refractivity contribution in [2.24, 2.45) is 0 Å². The summed E-state index contributed by atoms with van der Waals surface area (Å²) in [5, 5.41) is 21.2. The number of rotatable bonds is 8. The smallest absolute Gasteiger partial charge is 0.339 e. The van der Waals surface area contributed by atoms with Crippen LogP contribution < -0.4 is 5.32 Å². The number of aromatic nitrogens is 1. The Morgan fingerprint density at radius 2 is 2.14 bits per heavy atom. The number of anilines is 1. The molecule has 1 aromatic rings. The van der Waals surface area contributed by atoms with Gasteiger partial charge in [-0.05, 0) is 49.5 Å². The van der Waals surface area contributed by atoms with Crippen LogP contribution in [0.5, 0.6) is 0 Å². The lowest BCUT2D eigenvalue weighted by Gasteiger charge is -2.18. The predicted octanol–water partition coefficient (Wildman–Crippen LogP) is 2.19. The molecule has 3 N–H and O–H groups in total. The van der Waals surface area contributed by atoms with Crippen molar-refractivity contribution in [2.75, 3.05) is 30.0 Å². The van der Waals surface area contributed by atoms with Crippen molar-refractivity contribution < 1.29 is 15.0 Å². The summed E-state index contributed by atoms with van der Waals surface area (Å²) in [6.07, 6.45) is 4.90. The third-order valence-electron chi connectivity index (χ3n) is 3.52. The Morgan fingerprint density at radius 1 is 1.33 bits per heavy atom. The second kappa shape index (κ2) is 8.24. The van der Waals surface area contributed by atoms with Gasteiger partial charge in [-0.3, -0.25) is 0 Å². The largest absolute Gasteiger partial charge is 0.478 e. The number of carboxylic acids is 1. The van der Waals surface area contributed by atoms with E-state index in [2.05, 4.69) is 10.3 Å². The number of nitrogens with one attached hydrogen (secondary N) is 1. The minimum absolute atomic E-state index is 0.218. The molecule has 0 spiro atoms. The Hall–Kier alpha value is -1.27. The fourth-order valence-electron chi connectivity index (χ4n) is 2.44. The first-order valence-corrected chi connectivity index (χ1v) is 8.56. The Kier molecular flexibility index (Phi) is 6.32. The van der Waals surface area contributed by atoms with E-state index in [0.29, 0.717) is 12.4 Å². The highest BCUT2D eigenvalue weighted by Gasteiger charge is 2.18. The van der Waals surface area contributed by atoms with Crippen molar-refractivity contribution in [3.8, 4) is 0 Å². The van der Waals surface area contributed by atoms with Crippen LogP contribution in [0.15, 0.2) is 6.07 Å². The van der Waals surface area contributed by atoms with Crippen molar-refractivity contribution in [1.82, 2.24) is 4.98 Å². The van der Waals surface area contributed by atoms with E-state index in [1.165, 1.54) is 0 Å². The Balaban J connectivity index is 1.98. The van der Waals surface area contributed by atoms with Gasteiger partial charge in [0.15, 0.2) is 0 Å². The summed E-state index contributed by atoms with van der Waals surface area (Å²) in [6.45, 7) is 0.901. The zero-order valence-corrected chi connectivity index (χ0v) is 12.9. The van der Waals surface area contributed by atoms with Gasteiger partial charge in [0.25, 0.3) is 0 Å². The van der Waals surface area contributed by atoms with Crippen LogP contribution >= 0.6 is 11.8 Å². The lowest BCUT2D eigenvalue weighted by molar-refractivity contribution is 0.0697. The van der Waals surface area contributed by atoms with Crippen LogP contribution in [0, 0.1) is 0 Å². The summed E-state index contributed by atoms with van der Waals surface area (Å²) in [5.41, 5.74) is 2.40. The van der Waals surface area contributed by atoms with Crippen LogP contribution in [0.25, 0.3) is 0 Å². The molecule has 21 heavy (non-hydrogen) atoms. The van der Waals surface area contributed by atoms with E-state index in [9.17, 15) is 9.90 Å². The molecule has 1 aliphatic rings. The summed E-state index contributed by atoms with van der Waals surface area (Å²) in [5.74, 6) is 1.36. The van der Waals surface area contributed by atoms with Crippen molar-refractivity contribution in [1.29, 1.82) is 0 Å². The molecule has 2 rings (SSSR count). The average Bonchev–Trinajstić information content (AvgIpc) is 2.49. The van der Waals surface area contributed by atoms with Gasteiger partial charge in [0.2, 0.25) is 0 Å². The zero-order chi connectivity index (χ0) is 15.1. The van der Waals surface area contributed by atoms with Crippen LogP contribution in [0.2, 0.25) is 0 Å². The topological polar surface area (TPSA) is 82.5 Å². The van der Waals surface area contributed by atoms with Crippen molar-refractivity contribution in [3.05, 3.63) is 22.9 Å². The highest BCUT2D eigenvalue weighted by Crippen LogP contribution is 2.24. The Morgan fingerprint density at radius 3 is 2.90 bits per heavy atom. The van der Waals surface area contributed by atoms with E-state index in [1.54, 1.807) is 17.8 Å². The van der Waals surface area contributed by atoms with Gasteiger partial charge in [0, 0.05) is 24.6 Å². The number of nitrogens with zero attached hydrogens (tertiary/aromatic N) is 1. The molecule has 6 heteroatoms. The summed E-state index contributed by atoms with van der Waals surface area (Å²) in [6, 6.07) is 1.78. The number of hydrogen-bond donors (Lipinski definition) is 3. The van der Waals surface area contributed by atoms with Crippen molar-refractivity contribution >= 4 is 23.5 Å². The normalized spacial score (nSPS) is 13.8. The van der Waals surface area contributed by atoms with E-state index in [-0.39, 0.29) is 12.2 Å². The number of carboxylic acid groups (broad SMARTS) is 1. The van der Waals surface area contributed by atoms with Gasteiger partial charge < -0.3 is 15.5 Å². The molecular weight excluding hydrogens is 288 g/mol. The van der Waals surface area contributed by atoms with Gasteiger partial charge in [0.1, 0.15) is 11.4 Å². The minimum atomic E-state index is -0.925. The average molecular weight is 310 g/mol. The van der Waals surface area contributed by atoms with Gasteiger partial charge in [-0.1, -0.05) is 0 Å². The molecule has 0 fully saturated rings. The van der Waals surface area contributed by atoms with E-state index in [1.807, 2.05) is 0 Å². The van der Waals surface area contributed by atoms with Gasteiger partial charge >= 0.3 is 5.97 Å². The van der Waals surface area contributed by atoms with Crippen LogP contribution in [0.1, 0.15) is 40.9 Å². The molecule has 0 unspecified atom stereocenters. The molecule has 0 atom stereocenters. The number of hydrogen-bond acceptors (Lipinski definition) is 5. The quantitative estimate of drug-likeness (QED) is 0.639. The third kappa shape index (κ3) is 4.61. The van der Waals surface area contributed by atoms with Gasteiger partial charge in [-0.2, -0.15) is 11.8 Å². The molecule has 0 amide bonds. The lowest BCUT2D eigenvalue weighted by Crippen LogP contribution is -2.15. The SMILES string of the molecule is O=C(O)c1cc2c(nc1NCCSCCCO)CCCC2. The van der Waals surface area contributed by atoms with Gasteiger partial charge in [0.05, 0.1) is 0 Å². The number of fused-ring (bicyclic) bond motifs is 1. The first-order valence-electron chi connectivity index (χ1n) is 7.41. The number of pyridine rings is 1. The molecule has 1 heterocycles. The number of carbonyl (C=O) groups is 1. The van der Waals surface area contributed by atoms with E-state index < -0.39 is 5.97 Å². The molecule has 0 saturated carbocycles. The fraction of sp³-hybridized carbons (Fsp3) is 0.600. The van der Waals surface area contributed by atoms with Gasteiger partial charge in [-0.15, -0.1) is 0 Å². The summed E-state index contributed by atoms with van der Waals surface area (Å²) >= 11 is 1.74. The Labute approximate surface area is 129 Å². The first kappa shape index (κ1) is 16.1. The summed E-state index contributed by atoms with van der Waals surface area (Å²) < 4.78 is 0. The monoisotopic (exact) mass is 310 g/mol. The molecule has 0 saturated heterocycles. The summed E-state index contributed by atoms with van der Waals surface area (Å²) in [7, 11) is 0. The predicted molar refractivity (Wildman–Crippen MR) is 85.4 cm³/mol. The van der Waals surface area contributed by atoms with Crippen LogP contribution in [-0.4, -0.2) is 45.8 Å². The number of thioether (sulfide) groups is 1. The molecule has 0 aromatic carbocycles. The molecule has 116 valence electrons. The molecule has 1 aromatic heterocycles. The minimum Gasteiger partial charge on any atom is -0.478 e. The maximum absolute atomic E-state index is 11.4. The van der Waals surface area contributed by atoms with Crippen LogP contribution in [0.3, 0.4) is 0 Å². The third-order valence-corrected chi connectivity index (χ3v) is 4.59.